The van der Waals surface area contributed by atoms with Crippen LogP contribution in [0.5, 0.6) is 0 Å². The number of amides is 1. The molecule has 0 unspecified atom stereocenters. The molecule has 3 heterocycles. The highest BCUT2D eigenvalue weighted by molar-refractivity contribution is 6.07. The fourth-order valence-electron chi connectivity index (χ4n) is 3.45. The molecule has 0 radical (unpaired) electrons. The fraction of sp³-hybridized carbons (Fsp3) is 0.211. The van der Waals surface area contributed by atoms with Crippen molar-refractivity contribution >= 4 is 17.7 Å². The molecule has 0 aliphatic carbocycles. The Labute approximate surface area is 172 Å². The number of anilines is 2. The van der Waals surface area contributed by atoms with Gasteiger partial charge in [0.05, 0.1) is 0 Å². The summed E-state index contributed by atoms with van der Waals surface area (Å²) in [6, 6.07) is 10.3. The molecule has 0 bridgehead atoms. The van der Waals surface area contributed by atoms with Crippen LogP contribution < -0.4 is 21.9 Å². The molecule has 0 saturated heterocycles. The molecular formula is C19H15F3N6O3. The van der Waals surface area contributed by atoms with Crippen molar-refractivity contribution in [3.05, 3.63) is 80.8 Å². The molecule has 1 aliphatic heterocycles. The first-order chi connectivity index (χ1) is 14.7. The number of H-pyrrole nitrogens is 1. The van der Waals surface area contributed by atoms with E-state index in [1.807, 2.05) is 10.3 Å². The molecule has 0 saturated carbocycles. The van der Waals surface area contributed by atoms with Crippen molar-refractivity contribution in [2.45, 2.75) is 24.7 Å². The highest BCUT2D eigenvalue weighted by Crippen LogP contribution is 2.46. The molecule has 12 heteroatoms. The van der Waals surface area contributed by atoms with Gasteiger partial charge in [-0.25, -0.2) is 14.8 Å². The third kappa shape index (κ3) is 3.35. The quantitative estimate of drug-likeness (QED) is 0.560. The molecule has 1 aromatic carbocycles. The number of nitrogens with zero attached hydrogens (tertiary/aromatic N) is 3. The van der Waals surface area contributed by atoms with E-state index in [4.69, 9.17) is 0 Å². The predicted molar refractivity (Wildman–Crippen MR) is 103 cm³/mol. The average molecular weight is 432 g/mol. The Hall–Kier alpha value is -3.96. The smallest absolute Gasteiger partial charge is 0.328 e. The number of nitrogens with one attached hydrogen (secondary N) is 3. The molecule has 0 fully saturated rings. The Kier molecular flexibility index (Phi) is 4.84. The number of alkyl halides is 3. The maximum atomic E-state index is 14.3. The molecule has 4 rings (SSSR count). The van der Waals surface area contributed by atoms with Crippen LogP contribution in [0.3, 0.4) is 0 Å². The second kappa shape index (κ2) is 7.38. The van der Waals surface area contributed by atoms with E-state index >= 15 is 0 Å². The Morgan fingerprint density at radius 1 is 1.03 bits per heavy atom. The molecule has 0 spiro atoms. The van der Waals surface area contributed by atoms with Crippen molar-refractivity contribution in [3.8, 4) is 0 Å². The van der Waals surface area contributed by atoms with Crippen LogP contribution in [0.1, 0.15) is 11.1 Å². The first kappa shape index (κ1) is 20.3. The van der Waals surface area contributed by atoms with Crippen molar-refractivity contribution in [1.82, 2.24) is 19.5 Å². The zero-order valence-corrected chi connectivity index (χ0v) is 15.7. The maximum absolute atomic E-state index is 14.3. The van der Waals surface area contributed by atoms with E-state index in [1.54, 1.807) is 30.3 Å². The number of aryl methyl sites for hydroxylation is 1. The van der Waals surface area contributed by atoms with E-state index in [0.717, 1.165) is 10.1 Å². The number of fused-ring (bicyclic) bond motifs is 1. The van der Waals surface area contributed by atoms with Gasteiger partial charge in [-0.3, -0.25) is 19.1 Å². The van der Waals surface area contributed by atoms with E-state index in [0.29, 0.717) is 0 Å². The first-order valence-electron chi connectivity index (χ1n) is 9.09. The highest BCUT2D eigenvalue weighted by atomic mass is 19.4. The predicted octanol–water partition coefficient (Wildman–Crippen LogP) is 1.39. The zero-order valence-electron chi connectivity index (χ0n) is 15.7. The number of hydrogen-bond donors (Lipinski definition) is 3. The molecule has 3 aromatic rings. The third-order valence-electron chi connectivity index (χ3n) is 4.90. The van der Waals surface area contributed by atoms with Crippen LogP contribution in [0.2, 0.25) is 0 Å². The van der Waals surface area contributed by atoms with E-state index in [-0.39, 0.29) is 13.0 Å². The molecule has 9 nitrogen and oxygen atoms in total. The number of carbonyl (C=O) groups excluding carboxylic acids is 1. The summed E-state index contributed by atoms with van der Waals surface area (Å²) >= 11 is 0. The summed E-state index contributed by atoms with van der Waals surface area (Å²) in [6.07, 6.45) is -2.62. The van der Waals surface area contributed by atoms with E-state index < -0.39 is 46.2 Å². The number of rotatable bonds is 5. The van der Waals surface area contributed by atoms with Gasteiger partial charge in [0.1, 0.15) is 11.4 Å². The number of halogens is 3. The monoisotopic (exact) mass is 432 g/mol. The van der Waals surface area contributed by atoms with Crippen LogP contribution in [-0.2, 0) is 23.3 Å². The summed E-state index contributed by atoms with van der Waals surface area (Å²) < 4.78 is 43.7. The van der Waals surface area contributed by atoms with Crippen molar-refractivity contribution in [1.29, 1.82) is 0 Å². The molecule has 1 aliphatic rings. The van der Waals surface area contributed by atoms with E-state index in [1.165, 1.54) is 18.5 Å². The van der Waals surface area contributed by atoms with Crippen LogP contribution >= 0.6 is 0 Å². The summed E-state index contributed by atoms with van der Waals surface area (Å²) in [6.45, 7) is -0.0714. The van der Waals surface area contributed by atoms with Gasteiger partial charge < -0.3 is 10.6 Å². The third-order valence-corrected chi connectivity index (χ3v) is 4.90. The summed E-state index contributed by atoms with van der Waals surface area (Å²) in [7, 11) is 0. The number of benzene rings is 1. The van der Waals surface area contributed by atoms with Crippen molar-refractivity contribution in [2.75, 3.05) is 10.6 Å². The van der Waals surface area contributed by atoms with Gasteiger partial charge in [-0.2, -0.15) is 13.2 Å². The van der Waals surface area contributed by atoms with Crippen molar-refractivity contribution in [3.63, 3.8) is 0 Å². The van der Waals surface area contributed by atoms with Crippen molar-refractivity contribution < 1.29 is 18.0 Å². The van der Waals surface area contributed by atoms with Crippen LogP contribution in [0.4, 0.5) is 24.9 Å². The van der Waals surface area contributed by atoms with Gasteiger partial charge in [-0.15, -0.1) is 0 Å². The number of carbonyl (C=O) groups is 1. The van der Waals surface area contributed by atoms with Crippen LogP contribution in [0.25, 0.3) is 0 Å². The van der Waals surface area contributed by atoms with Gasteiger partial charge in [-0.1, -0.05) is 30.3 Å². The highest BCUT2D eigenvalue weighted by Gasteiger charge is 2.68. The van der Waals surface area contributed by atoms with E-state index in [2.05, 4.69) is 15.3 Å². The van der Waals surface area contributed by atoms with Crippen LogP contribution in [0.15, 0.2) is 58.4 Å². The lowest BCUT2D eigenvalue weighted by Gasteiger charge is -2.29. The van der Waals surface area contributed by atoms with Gasteiger partial charge in [0.15, 0.2) is 0 Å². The SMILES string of the molecule is O=C1Nc2c(c(=O)[nH]c(=O)n2CCc2ccccc2)[C@@]1(Nc1ncccn1)C(F)(F)F. The largest absolute Gasteiger partial charge is 0.425 e. The number of hydrogen-bond acceptors (Lipinski definition) is 6. The fourth-order valence-corrected chi connectivity index (χ4v) is 3.45. The summed E-state index contributed by atoms with van der Waals surface area (Å²) in [5, 5.41) is 4.03. The Bertz CT molecular complexity index is 1240. The summed E-state index contributed by atoms with van der Waals surface area (Å²) in [5.74, 6) is -2.59. The van der Waals surface area contributed by atoms with Gasteiger partial charge in [0.25, 0.3) is 17.0 Å². The van der Waals surface area contributed by atoms with E-state index in [9.17, 15) is 27.6 Å². The molecule has 1 amide bonds. The molecule has 160 valence electrons. The van der Waals surface area contributed by atoms with Gasteiger partial charge >= 0.3 is 11.9 Å². The molecule has 2 aromatic heterocycles. The molecule has 3 N–H and O–H groups in total. The Balaban J connectivity index is 1.86. The summed E-state index contributed by atoms with van der Waals surface area (Å²) in [4.78, 5) is 46.8. The van der Waals surface area contributed by atoms with Gasteiger partial charge in [0, 0.05) is 18.9 Å². The minimum Gasteiger partial charge on any atom is -0.328 e. The Morgan fingerprint density at radius 3 is 2.35 bits per heavy atom. The van der Waals surface area contributed by atoms with Crippen LogP contribution in [-0.4, -0.2) is 31.6 Å². The van der Waals surface area contributed by atoms with Crippen molar-refractivity contribution in [2.24, 2.45) is 0 Å². The molecular weight excluding hydrogens is 417 g/mol. The Morgan fingerprint density at radius 2 is 1.71 bits per heavy atom. The second-order valence-corrected chi connectivity index (χ2v) is 6.77. The number of aromatic amines is 1. The topological polar surface area (TPSA) is 122 Å². The standard InChI is InChI=1S/C19H15F3N6O3/c20-19(21,22)18(27-16-23-8-4-9-24-16)12-13(25-15(18)30)28(17(31)26-14(12)29)10-7-11-5-2-1-3-6-11/h1-6,8-9H,7,10H2,(H,25,30)(H,23,24,27)(H,26,29,31)/t18-/m0/s1. The molecule has 1 atom stereocenters. The first-order valence-corrected chi connectivity index (χ1v) is 9.09. The van der Waals surface area contributed by atoms with Crippen LogP contribution in [0, 0.1) is 0 Å². The lowest BCUT2D eigenvalue weighted by atomic mass is 9.92. The van der Waals surface area contributed by atoms with Gasteiger partial charge in [0.2, 0.25) is 5.95 Å². The lowest BCUT2D eigenvalue weighted by molar-refractivity contribution is -0.184. The van der Waals surface area contributed by atoms with Gasteiger partial charge in [-0.05, 0) is 18.1 Å². The lowest BCUT2D eigenvalue weighted by Crippen LogP contribution is -2.56. The normalized spacial score (nSPS) is 17.8. The minimum atomic E-state index is -5.25. The number of aromatic nitrogens is 4. The zero-order chi connectivity index (χ0) is 22.2. The molecule has 31 heavy (non-hydrogen) atoms. The minimum absolute atomic E-state index is 0.0714. The maximum Gasteiger partial charge on any atom is 0.425 e. The second-order valence-electron chi connectivity index (χ2n) is 6.77. The summed E-state index contributed by atoms with van der Waals surface area (Å²) in [5.41, 5.74) is -5.90. The average Bonchev–Trinajstić information content (AvgIpc) is 3.03.